The summed E-state index contributed by atoms with van der Waals surface area (Å²) in [6.07, 6.45) is -3.50. The van der Waals surface area contributed by atoms with Crippen LogP contribution in [0.5, 0.6) is 0 Å². The number of nitrogens with zero attached hydrogens (tertiary/aromatic N) is 2. The first kappa shape index (κ1) is 16.3. The first-order valence-electron chi connectivity index (χ1n) is 6.76. The molecule has 0 aliphatic carbocycles. The number of hydrogen-bond donors (Lipinski definition) is 1. The summed E-state index contributed by atoms with van der Waals surface area (Å²) in [5.41, 5.74) is -1.72. The van der Waals surface area contributed by atoms with Crippen LogP contribution in [0.2, 0.25) is 0 Å². The number of carboxylic acid groups (broad SMARTS) is 1. The van der Waals surface area contributed by atoms with Gasteiger partial charge in [-0.25, -0.2) is 0 Å². The molecule has 1 aliphatic heterocycles. The summed E-state index contributed by atoms with van der Waals surface area (Å²) < 4.78 is 38.7. The highest BCUT2D eigenvalue weighted by molar-refractivity contribution is 5.95. The number of pyridine rings is 1. The van der Waals surface area contributed by atoms with Gasteiger partial charge < -0.3 is 10.0 Å². The highest BCUT2D eigenvalue weighted by atomic mass is 19.4. The Bertz CT molecular complexity index is 589. The van der Waals surface area contributed by atoms with Crippen LogP contribution in [0.15, 0.2) is 18.3 Å². The van der Waals surface area contributed by atoms with Gasteiger partial charge in [0, 0.05) is 19.3 Å². The monoisotopic (exact) mass is 316 g/mol. The summed E-state index contributed by atoms with van der Waals surface area (Å²) in [6.45, 7) is 1.90. The second-order valence-electron chi connectivity index (χ2n) is 5.36. The largest absolute Gasteiger partial charge is 0.481 e. The molecule has 2 atom stereocenters. The van der Waals surface area contributed by atoms with Crippen LogP contribution in [-0.2, 0) is 11.0 Å². The van der Waals surface area contributed by atoms with Crippen molar-refractivity contribution in [3.8, 4) is 0 Å². The molecule has 2 unspecified atom stereocenters. The number of rotatable bonds is 2. The SMILES string of the molecule is CC1CN(C(=O)c2cccnc2C(F)(F)F)CCC1C(=O)O. The Hall–Kier alpha value is -2.12. The molecular weight excluding hydrogens is 301 g/mol. The zero-order chi connectivity index (χ0) is 16.5. The summed E-state index contributed by atoms with van der Waals surface area (Å²) in [6, 6.07) is 2.36. The van der Waals surface area contributed by atoms with Gasteiger partial charge in [-0.2, -0.15) is 13.2 Å². The number of piperidine rings is 1. The van der Waals surface area contributed by atoms with Crippen LogP contribution in [0.3, 0.4) is 0 Å². The lowest BCUT2D eigenvalue weighted by Gasteiger charge is -2.35. The first-order chi connectivity index (χ1) is 10.2. The molecule has 2 heterocycles. The van der Waals surface area contributed by atoms with Crippen molar-refractivity contribution in [1.82, 2.24) is 9.88 Å². The molecular formula is C14H15F3N2O3. The van der Waals surface area contributed by atoms with Crippen molar-refractivity contribution in [3.05, 3.63) is 29.6 Å². The fraction of sp³-hybridized carbons (Fsp3) is 0.500. The van der Waals surface area contributed by atoms with Crippen LogP contribution in [0, 0.1) is 11.8 Å². The molecule has 1 saturated heterocycles. The van der Waals surface area contributed by atoms with Crippen LogP contribution in [0.25, 0.3) is 0 Å². The third kappa shape index (κ3) is 3.20. The van der Waals surface area contributed by atoms with Crippen molar-refractivity contribution >= 4 is 11.9 Å². The standard InChI is InChI=1S/C14H15F3N2O3/c1-8-7-19(6-4-9(8)13(21)22)12(20)10-3-2-5-18-11(10)14(15,16)17/h2-3,5,8-9H,4,6-7H2,1H3,(H,21,22). The minimum Gasteiger partial charge on any atom is -0.481 e. The Morgan fingerprint density at radius 3 is 2.64 bits per heavy atom. The quantitative estimate of drug-likeness (QED) is 0.909. The van der Waals surface area contributed by atoms with E-state index in [0.717, 1.165) is 12.3 Å². The molecule has 1 aromatic rings. The lowest BCUT2D eigenvalue weighted by molar-refractivity contribution is -0.145. The van der Waals surface area contributed by atoms with E-state index in [0.29, 0.717) is 0 Å². The van der Waals surface area contributed by atoms with Crippen molar-refractivity contribution in [2.45, 2.75) is 19.5 Å². The predicted octanol–water partition coefficient (Wildman–Crippen LogP) is 2.28. The van der Waals surface area contributed by atoms with Crippen LogP contribution in [0.1, 0.15) is 29.4 Å². The van der Waals surface area contributed by atoms with Gasteiger partial charge in [0.05, 0.1) is 11.5 Å². The second kappa shape index (κ2) is 5.94. The summed E-state index contributed by atoms with van der Waals surface area (Å²) in [7, 11) is 0. The maximum Gasteiger partial charge on any atom is 0.434 e. The number of likely N-dealkylation sites (tertiary alicyclic amines) is 1. The molecule has 5 nitrogen and oxygen atoms in total. The molecule has 2 rings (SSSR count). The summed E-state index contributed by atoms with van der Waals surface area (Å²) in [5, 5.41) is 9.04. The molecule has 1 N–H and O–H groups in total. The number of amides is 1. The Morgan fingerprint density at radius 2 is 2.09 bits per heavy atom. The van der Waals surface area contributed by atoms with E-state index in [2.05, 4.69) is 4.98 Å². The van der Waals surface area contributed by atoms with E-state index in [-0.39, 0.29) is 25.4 Å². The van der Waals surface area contributed by atoms with Gasteiger partial charge in [-0.3, -0.25) is 14.6 Å². The molecule has 1 aromatic heterocycles. The zero-order valence-corrected chi connectivity index (χ0v) is 11.8. The number of carbonyl (C=O) groups excluding carboxylic acids is 1. The Labute approximate surface area is 124 Å². The lowest BCUT2D eigenvalue weighted by atomic mass is 9.86. The number of carboxylic acids is 1. The number of aromatic nitrogens is 1. The minimum atomic E-state index is -4.71. The lowest BCUT2D eigenvalue weighted by Crippen LogP contribution is -2.45. The summed E-state index contributed by atoms with van der Waals surface area (Å²) >= 11 is 0. The van der Waals surface area contributed by atoms with Gasteiger partial charge in [-0.05, 0) is 24.5 Å². The van der Waals surface area contributed by atoms with Gasteiger partial charge in [0.2, 0.25) is 0 Å². The second-order valence-corrected chi connectivity index (χ2v) is 5.36. The van der Waals surface area contributed by atoms with Crippen molar-refractivity contribution in [2.75, 3.05) is 13.1 Å². The average molecular weight is 316 g/mol. The molecule has 8 heteroatoms. The van der Waals surface area contributed by atoms with Crippen LogP contribution in [0.4, 0.5) is 13.2 Å². The van der Waals surface area contributed by atoms with Crippen LogP contribution in [-0.4, -0.2) is 40.0 Å². The van der Waals surface area contributed by atoms with Gasteiger partial charge in [-0.15, -0.1) is 0 Å². The van der Waals surface area contributed by atoms with E-state index in [9.17, 15) is 22.8 Å². The molecule has 0 saturated carbocycles. The molecule has 0 bridgehead atoms. The van der Waals surface area contributed by atoms with Crippen molar-refractivity contribution < 1.29 is 27.9 Å². The highest BCUT2D eigenvalue weighted by Gasteiger charge is 2.39. The highest BCUT2D eigenvalue weighted by Crippen LogP contribution is 2.32. The number of halogens is 3. The fourth-order valence-electron chi connectivity index (χ4n) is 2.67. The predicted molar refractivity (Wildman–Crippen MR) is 70.0 cm³/mol. The van der Waals surface area contributed by atoms with E-state index >= 15 is 0 Å². The van der Waals surface area contributed by atoms with Gasteiger partial charge in [0.1, 0.15) is 0 Å². The normalized spacial score (nSPS) is 22.5. The average Bonchev–Trinajstić information content (AvgIpc) is 2.45. The van der Waals surface area contributed by atoms with Crippen LogP contribution >= 0.6 is 0 Å². The maximum absolute atomic E-state index is 12.9. The zero-order valence-electron chi connectivity index (χ0n) is 11.8. The fourth-order valence-corrected chi connectivity index (χ4v) is 2.67. The van der Waals surface area contributed by atoms with Crippen molar-refractivity contribution in [1.29, 1.82) is 0 Å². The van der Waals surface area contributed by atoms with Gasteiger partial charge in [-0.1, -0.05) is 6.92 Å². The Balaban J connectivity index is 2.22. The summed E-state index contributed by atoms with van der Waals surface area (Å²) in [4.78, 5) is 27.9. The van der Waals surface area contributed by atoms with Crippen molar-refractivity contribution in [2.24, 2.45) is 11.8 Å². The first-order valence-corrected chi connectivity index (χ1v) is 6.76. The Kier molecular flexibility index (Phi) is 4.39. The smallest absolute Gasteiger partial charge is 0.434 e. The number of hydrogen-bond acceptors (Lipinski definition) is 3. The van der Waals surface area contributed by atoms with Gasteiger partial charge in [0.15, 0.2) is 5.69 Å². The summed E-state index contributed by atoms with van der Waals surface area (Å²) in [5.74, 6) is -2.62. The van der Waals surface area contributed by atoms with E-state index in [1.54, 1.807) is 6.92 Å². The number of carbonyl (C=O) groups is 2. The third-order valence-electron chi connectivity index (χ3n) is 3.82. The maximum atomic E-state index is 12.9. The van der Waals surface area contributed by atoms with Crippen LogP contribution < -0.4 is 0 Å². The number of alkyl halides is 3. The molecule has 1 fully saturated rings. The van der Waals surface area contributed by atoms with E-state index in [4.69, 9.17) is 5.11 Å². The minimum absolute atomic E-state index is 0.113. The molecule has 1 aliphatic rings. The van der Waals surface area contributed by atoms with Gasteiger partial charge >= 0.3 is 12.1 Å². The van der Waals surface area contributed by atoms with Gasteiger partial charge in [0.25, 0.3) is 5.91 Å². The molecule has 0 radical (unpaired) electrons. The molecule has 120 valence electrons. The topological polar surface area (TPSA) is 70.5 Å². The molecule has 0 aromatic carbocycles. The van der Waals surface area contributed by atoms with E-state index in [1.165, 1.54) is 11.0 Å². The molecule has 0 spiro atoms. The molecule has 22 heavy (non-hydrogen) atoms. The molecule has 1 amide bonds. The number of aliphatic carboxylic acids is 1. The van der Waals surface area contributed by atoms with Crippen molar-refractivity contribution in [3.63, 3.8) is 0 Å². The Morgan fingerprint density at radius 1 is 1.41 bits per heavy atom. The van der Waals surface area contributed by atoms with E-state index in [1.807, 2.05) is 0 Å². The van der Waals surface area contributed by atoms with E-state index < -0.39 is 35.2 Å². The third-order valence-corrected chi connectivity index (χ3v) is 3.82.